The molecule has 0 bridgehead atoms. The summed E-state index contributed by atoms with van der Waals surface area (Å²) in [7, 11) is 0. The summed E-state index contributed by atoms with van der Waals surface area (Å²) in [5, 5.41) is 17.3. The minimum absolute atomic E-state index is 0. The first-order valence-corrected chi connectivity index (χ1v) is 2.27. The number of aromatic hydroxyl groups is 2. The van der Waals surface area contributed by atoms with Crippen molar-refractivity contribution in [2.45, 2.75) is 0 Å². The predicted octanol–water partition coefficient (Wildman–Crippen LogP) is 0.182. The van der Waals surface area contributed by atoms with Crippen molar-refractivity contribution >= 4 is 27.3 Å². The van der Waals surface area contributed by atoms with E-state index in [0.29, 0.717) is 0 Å². The summed E-state index contributed by atoms with van der Waals surface area (Å²) in [4.78, 5) is 0. The van der Waals surface area contributed by atoms with Gasteiger partial charge in [0.1, 0.15) is 0 Å². The zero-order valence-corrected chi connectivity index (χ0v) is 10.4. The van der Waals surface area contributed by atoms with E-state index in [0.717, 1.165) is 0 Å². The summed E-state index contributed by atoms with van der Waals surface area (Å²) < 4.78 is 0. The predicted molar refractivity (Wildman–Crippen MR) is 38.3 cm³/mol. The SMILES string of the molecule is Oc1ccccc1O.[PbH2]. The van der Waals surface area contributed by atoms with Gasteiger partial charge in [-0.2, -0.15) is 0 Å². The molecule has 0 saturated heterocycles. The summed E-state index contributed by atoms with van der Waals surface area (Å²) in [5.74, 6) is -0.153. The van der Waals surface area contributed by atoms with Crippen LogP contribution < -0.4 is 0 Å². The van der Waals surface area contributed by atoms with E-state index in [1.54, 1.807) is 12.1 Å². The molecule has 0 unspecified atom stereocenters. The van der Waals surface area contributed by atoms with Crippen molar-refractivity contribution in [3.8, 4) is 11.5 Å². The fraction of sp³-hybridized carbons (Fsp3) is 0. The average Bonchev–Trinajstić information content (AvgIpc) is 1.77. The van der Waals surface area contributed by atoms with Crippen LogP contribution in [0.4, 0.5) is 0 Å². The monoisotopic (exact) mass is 320 g/mol. The van der Waals surface area contributed by atoms with E-state index in [2.05, 4.69) is 0 Å². The maximum atomic E-state index is 8.67. The van der Waals surface area contributed by atoms with E-state index in [4.69, 9.17) is 10.2 Å². The van der Waals surface area contributed by atoms with Crippen molar-refractivity contribution in [3.63, 3.8) is 0 Å². The van der Waals surface area contributed by atoms with Crippen LogP contribution in [0.25, 0.3) is 0 Å². The van der Waals surface area contributed by atoms with E-state index in [1.165, 1.54) is 12.1 Å². The Morgan fingerprint density at radius 1 is 0.889 bits per heavy atom. The number of phenols is 2. The van der Waals surface area contributed by atoms with Crippen LogP contribution >= 0.6 is 0 Å². The second-order valence-corrected chi connectivity index (χ2v) is 1.49. The van der Waals surface area contributed by atoms with Gasteiger partial charge in [-0.15, -0.1) is 0 Å². The van der Waals surface area contributed by atoms with Gasteiger partial charge >= 0.3 is 27.3 Å². The molecule has 0 aliphatic heterocycles. The first-order valence-electron chi connectivity index (χ1n) is 2.27. The number of rotatable bonds is 0. The first-order chi connectivity index (χ1) is 3.80. The Morgan fingerprint density at radius 3 is 1.44 bits per heavy atom. The molecule has 1 aromatic carbocycles. The van der Waals surface area contributed by atoms with E-state index in [9.17, 15) is 0 Å². The van der Waals surface area contributed by atoms with Crippen LogP contribution in [0.1, 0.15) is 0 Å². The van der Waals surface area contributed by atoms with Gasteiger partial charge < -0.3 is 10.2 Å². The van der Waals surface area contributed by atoms with Crippen molar-refractivity contribution in [2.24, 2.45) is 0 Å². The topological polar surface area (TPSA) is 40.5 Å². The third kappa shape index (κ3) is 2.21. The minimum atomic E-state index is -0.0764. The third-order valence-corrected chi connectivity index (χ3v) is 0.882. The van der Waals surface area contributed by atoms with Crippen LogP contribution in [0, 0.1) is 0 Å². The molecular formula is C6H8O2Pb. The van der Waals surface area contributed by atoms with Crippen molar-refractivity contribution in [3.05, 3.63) is 24.3 Å². The summed E-state index contributed by atoms with van der Waals surface area (Å²) in [5.41, 5.74) is 0. The molecule has 0 heterocycles. The van der Waals surface area contributed by atoms with Gasteiger partial charge in [-0.1, -0.05) is 12.1 Å². The first kappa shape index (κ1) is 8.74. The number of para-hydroxylation sites is 2. The maximum absolute atomic E-state index is 8.67. The van der Waals surface area contributed by atoms with Gasteiger partial charge in [0.2, 0.25) is 0 Å². The van der Waals surface area contributed by atoms with Gasteiger partial charge in [0.15, 0.2) is 11.5 Å². The van der Waals surface area contributed by atoms with Gasteiger partial charge in [0.25, 0.3) is 0 Å². The van der Waals surface area contributed by atoms with E-state index in [1.807, 2.05) is 0 Å². The van der Waals surface area contributed by atoms with Gasteiger partial charge in [-0.25, -0.2) is 0 Å². The van der Waals surface area contributed by atoms with Gasteiger partial charge in [0.05, 0.1) is 0 Å². The molecule has 2 nitrogen and oxygen atoms in total. The molecule has 0 fully saturated rings. The van der Waals surface area contributed by atoms with E-state index < -0.39 is 0 Å². The molecule has 0 saturated carbocycles. The molecule has 0 aromatic heterocycles. The Morgan fingerprint density at radius 2 is 1.22 bits per heavy atom. The molecule has 1 rings (SSSR count). The summed E-state index contributed by atoms with van der Waals surface area (Å²) in [6.07, 6.45) is 0. The molecule has 2 radical (unpaired) electrons. The quantitative estimate of drug-likeness (QED) is 0.529. The van der Waals surface area contributed by atoms with Gasteiger partial charge in [-0.05, 0) is 12.1 Å². The fourth-order valence-electron chi connectivity index (χ4n) is 0.464. The van der Waals surface area contributed by atoms with Crippen molar-refractivity contribution in [2.75, 3.05) is 0 Å². The molecule has 0 atom stereocenters. The van der Waals surface area contributed by atoms with Crippen LogP contribution in [0.3, 0.4) is 0 Å². The molecule has 2 N–H and O–H groups in total. The Kier molecular flexibility index (Phi) is 3.60. The van der Waals surface area contributed by atoms with Crippen molar-refractivity contribution in [1.82, 2.24) is 0 Å². The molecular weight excluding hydrogens is 311 g/mol. The average molecular weight is 319 g/mol. The van der Waals surface area contributed by atoms with Crippen LogP contribution in [-0.2, 0) is 0 Å². The summed E-state index contributed by atoms with van der Waals surface area (Å²) in [6.45, 7) is 0. The Bertz CT molecular complexity index is 167. The Balaban J connectivity index is 0.000000640. The van der Waals surface area contributed by atoms with Gasteiger partial charge in [-0.3, -0.25) is 0 Å². The zero-order valence-electron chi connectivity index (χ0n) is 4.91. The fourth-order valence-corrected chi connectivity index (χ4v) is 0.464. The van der Waals surface area contributed by atoms with Crippen molar-refractivity contribution in [1.29, 1.82) is 0 Å². The van der Waals surface area contributed by atoms with E-state index >= 15 is 0 Å². The summed E-state index contributed by atoms with van der Waals surface area (Å²) >= 11 is 0. The van der Waals surface area contributed by atoms with Crippen LogP contribution in [0.15, 0.2) is 24.3 Å². The second kappa shape index (κ2) is 3.71. The standard InChI is InChI=1S/C6H6O2.Pb.2H/c7-5-3-1-2-4-6(5)8;;;/h1-4,7-8H;;;. The van der Waals surface area contributed by atoms with Crippen LogP contribution in [0.5, 0.6) is 11.5 Å². The molecule has 9 heavy (non-hydrogen) atoms. The number of hydrogen-bond acceptors (Lipinski definition) is 2. The van der Waals surface area contributed by atoms with Crippen molar-refractivity contribution < 1.29 is 10.2 Å². The summed E-state index contributed by atoms with van der Waals surface area (Å²) in [6, 6.07) is 6.15. The third-order valence-electron chi connectivity index (χ3n) is 0.882. The van der Waals surface area contributed by atoms with Gasteiger partial charge in [0, 0.05) is 0 Å². The van der Waals surface area contributed by atoms with E-state index in [-0.39, 0.29) is 38.8 Å². The molecule has 3 heteroatoms. The number of benzene rings is 1. The molecule has 0 aliphatic carbocycles. The molecule has 1 aromatic rings. The zero-order chi connectivity index (χ0) is 5.98. The molecule has 0 amide bonds. The molecule has 48 valence electrons. The molecule has 0 spiro atoms. The Labute approximate surface area is 73.3 Å². The second-order valence-electron chi connectivity index (χ2n) is 1.49. The number of hydrogen-bond donors (Lipinski definition) is 2. The Hall–Kier alpha value is -0.258. The normalized spacial score (nSPS) is 8.00. The van der Waals surface area contributed by atoms with Crippen LogP contribution in [0.2, 0.25) is 0 Å². The van der Waals surface area contributed by atoms with Crippen LogP contribution in [-0.4, -0.2) is 37.5 Å². The number of phenolic OH excluding ortho intramolecular Hbond substituents is 2. The molecule has 0 aliphatic rings.